The summed E-state index contributed by atoms with van der Waals surface area (Å²) in [4.78, 5) is 65.1. The van der Waals surface area contributed by atoms with Crippen molar-refractivity contribution < 1.29 is 24.0 Å². The highest BCUT2D eigenvalue weighted by Gasteiger charge is 2.45. The molecule has 11 nitrogen and oxygen atoms in total. The van der Waals surface area contributed by atoms with E-state index in [1.807, 2.05) is 22.7 Å². The van der Waals surface area contributed by atoms with Crippen LogP contribution in [0.25, 0.3) is 0 Å². The van der Waals surface area contributed by atoms with Crippen molar-refractivity contribution in [3.63, 3.8) is 0 Å². The number of amides is 5. The topological polar surface area (TPSA) is 134 Å². The fraction of sp³-hybridized carbons (Fsp3) is 0.462. The van der Waals surface area contributed by atoms with E-state index in [4.69, 9.17) is 0 Å². The minimum absolute atomic E-state index is 0.0764. The van der Waals surface area contributed by atoms with Crippen molar-refractivity contribution in [3.05, 3.63) is 47.3 Å². The monoisotopic (exact) mass is 506 g/mol. The number of carbonyl (C=O) groups is 5. The molecule has 3 aliphatic heterocycles. The molecule has 0 bridgehead atoms. The van der Waals surface area contributed by atoms with Crippen molar-refractivity contribution in [2.45, 2.75) is 64.1 Å². The first-order valence-corrected chi connectivity index (χ1v) is 12.8. The van der Waals surface area contributed by atoms with E-state index in [2.05, 4.69) is 15.7 Å². The Morgan fingerprint density at radius 3 is 2.62 bits per heavy atom. The molecule has 4 heterocycles. The van der Waals surface area contributed by atoms with Crippen LogP contribution in [0.2, 0.25) is 0 Å². The van der Waals surface area contributed by atoms with E-state index in [0.717, 1.165) is 42.8 Å². The van der Waals surface area contributed by atoms with Gasteiger partial charge in [-0.3, -0.25) is 38.9 Å². The Morgan fingerprint density at radius 1 is 1.11 bits per heavy atom. The zero-order valence-corrected chi connectivity index (χ0v) is 20.7. The molecule has 3 aliphatic rings. The second-order valence-corrected chi connectivity index (χ2v) is 9.72. The molecule has 0 spiro atoms. The number of aromatic nitrogens is 2. The normalized spacial score (nSPS) is 20.3. The summed E-state index contributed by atoms with van der Waals surface area (Å²) in [5.74, 6) is -1.90. The van der Waals surface area contributed by atoms with Crippen LogP contribution in [0.15, 0.2) is 30.6 Å². The van der Waals surface area contributed by atoms with E-state index in [0.29, 0.717) is 18.7 Å². The van der Waals surface area contributed by atoms with Gasteiger partial charge < -0.3 is 10.2 Å². The van der Waals surface area contributed by atoms with E-state index in [1.165, 1.54) is 0 Å². The molecule has 0 radical (unpaired) electrons. The molecule has 194 valence electrons. The number of rotatable bonds is 7. The molecule has 5 amide bonds. The maximum absolute atomic E-state index is 13.2. The van der Waals surface area contributed by atoms with Gasteiger partial charge in [-0.15, -0.1) is 0 Å². The third kappa shape index (κ3) is 4.73. The maximum atomic E-state index is 13.2. The van der Waals surface area contributed by atoms with Crippen LogP contribution >= 0.6 is 0 Å². The lowest BCUT2D eigenvalue weighted by Gasteiger charge is -2.32. The molecule has 1 unspecified atom stereocenters. The van der Waals surface area contributed by atoms with Gasteiger partial charge in [0.15, 0.2) is 0 Å². The van der Waals surface area contributed by atoms with Crippen molar-refractivity contribution in [3.8, 4) is 0 Å². The Balaban J connectivity index is 1.24. The number of imide groups is 2. The van der Waals surface area contributed by atoms with Crippen molar-refractivity contribution in [1.29, 1.82) is 0 Å². The SMILES string of the molecule is CCCC(=O)N1CCC(n2cc(CNc3cccc4c3C(=O)N(C3CCC(=O)NC3=O)C4=O)cn2)CC1. The van der Waals surface area contributed by atoms with Crippen molar-refractivity contribution in [2.75, 3.05) is 18.4 Å². The smallest absolute Gasteiger partial charge is 0.264 e. The lowest BCUT2D eigenvalue weighted by Crippen LogP contribution is -2.54. The van der Waals surface area contributed by atoms with Gasteiger partial charge in [0.2, 0.25) is 17.7 Å². The summed E-state index contributed by atoms with van der Waals surface area (Å²) in [6, 6.07) is 4.21. The highest BCUT2D eigenvalue weighted by Crippen LogP contribution is 2.32. The number of hydrogen-bond acceptors (Lipinski definition) is 7. The Hall–Kier alpha value is -4.02. The molecule has 1 atom stereocenters. The second kappa shape index (κ2) is 10.2. The van der Waals surface area contributed by atoms with Crippen LogP contribution in [0, 0.1) is 0 Å². The Labute approximate surface area is 214 Å². The van der Waals surface area contributed by atoms with E-state index in [-0.39, 0.29) is 35.9 Å². The van der Waals surface area contributed by atoms with Gasteiger partial charge in [0.05, 0.1) is 23.4 Å². The van der Waals surface area contributed by atoms with E-state index >= 15 is 0 Å². The predicted molar refractivity (Wildman–Crippen MR) is 132 cm³/mol. The molecular weight excluding hydrogens is 476 g/mol. The summed E-state index contributed by atoms with van der Waals surface area (Å²) in [6.07, 6.45) is 7.07. The lowest BCUT2D eigenvalue weighted by atomic mass is 10.0. The van der Waals surface area contributed by atoms with Crippen LogP contribution in [0.1, 0.15) is 77.8 Å². The van der Waals surface area contributed by atoms with Gasteiger partial charge in [-0.2, -0.15) is 5.10 Å². The lowest BCUT2D eigenvalue weighted by molar-refractivity contribution is -0.136. The molecule has 0 saturated carbocycles. The summed E-state index contributed by atoms with van der Waals surface area (Å²) in [5.41, 5.74) is 1.88. The molecule has 2 saturated heterocycles. The molecule has 11 heteroatoms. The van der Waals surface area contributed by atoms with E-state index < -0.39 is 29.7 Å². The number of benzene rings is 1. The largest absolute Gasteiger partial charge is 0.380 e. The van der Waals surface area contributed by atoms with Crippen LogP contribution in [0.3, 0.4) is 0 Å². The average Bonchev–Trinajstić information content (AvgIpc) is 3.47. The Morgan fingerprint density at radius 2 is 1.89 bits per heavy atom. The fourth-order valence-electron chi connectivity index (χ4n) is 5.28. The number of piperidine rings is 2. The standard InChI is InChI=1S/C26H30N6O5/c1-2-4-22(34)30-11-9-17(10-12-30)31-15-16(14-28-31)13-27-19-6-3-5-18-23(19)26(37)32(25(18)36)20-7-8-21(33)29-24(20)35/h3,5-6,14-15,17,20,27H,2,4,7-13H2,1H3,(H,29,33,35). The van der Waals surface area contributed by atoms with Gasteiger partial charge >= 0.3 is 0 Å². The van der Waals surface area contributed by atoms with Gasteiger partial charge in [-0.25, -0.2) is 0 Å². The zero-order chi connectivity index (χ0) is 26.1. The first-order valence-electron chi connectivity index (χ1n) is 12.8. The first kappa shape index (κ1) is 24.7. The molecule has 5 rings (SSSR count). The maximum Gasteiger partial charge on any atom is 0.264 e. The predicted octanol–water partition coefficient (Wildman–Crippen LogP) is 1.86. The third-order valence-electron chi connectivity index (χ3n) is 7.26. The van der Waals surface area contributed by atoms with Crippen LogP contribution in [-0.2, 0) is 20.9 Å². The highest BCUT2D eigenvalue weighted by molar-refractivity contribution is 6.25. The zero-order valence-electron chi connectivity index (χ0n) is 20.7. The number of fused-ring (bicyclic) bond motifs is 1. The number of nitrogens with zero attached hydrogens (tertiary/aromatic N) is 4. The Bertz CT molecular complexity index is 1260. The minimum Gasteiger partial charge on any atom is -0.380 e. The first-order chi connectivity index (χ1) is 17.9. The molecular formula is C26H30N6O5. The quantitative estimate of drug-likeness (QED) is 0.548. The summed E-state index contributed by atoms with van der Waals surface area (Å²) >= 11 is 0. The van der Waals surface area contributed by atoms with Crippen LogP contribution in [0.5, 0.6) is 0 Å². The average molecular weight is 507 g/mol. The molecule has 2 fully saturated rings. The minimum atomic E-state index is -1.00. The van der Waals surface area contributed by atoms with E-state index in [9.17, 15) is 24.0 Å². The van der Waals surface area contributed by atoms with E-state index in [1.54, 1.807) is 24.4 Å². The van der Waals surface area contributed by atoms with Gasteiger partial charge in [0, 0.05) is 49.9 Å². The van der Waals surface area contributed by atoms with Crippen molar-refractivity contribution >= 4 is 35.2 Å². The molecule has 1 aromatic carbocycles. The van der Waals surface area contributed by atoms with Crippen LogP contribution < -0.4 is 10.6 Å². The van der Waals surface area contributed by atoms with Gasteiger partial charge in [0.1, 0.15) is 6.04 Å². The fourth-order valence-corrected chi connectivity index (χ4v) is 5.28. The number of likely N-dealkylation sites (tertiary alicyclic amines) is 1. The van der Waals surface area contributed by atoms with Gasteiger partial charge in [-0.1, -0.05) is 13.0 Å². The number of nitrogens with one attached hydrogen (secondary N) is 2. The van der Waals surface area contributed by atoms with Crippen LogP contribution in [-0.4, -0.2) is 68.2 Å². The molecule has 1 aromatic heterocycles. The van der Waals surface area contributed by atoms with Gasteiger partial charge in [0.25, 0.3) is 11.8 Å². The molecule has 2 N–H and O–H groups in total. The van der Waals surface area contributed by atoms with Crippen LogP contribution in [0.4, 0.5) is 5.69 Å². The summed E-state index contributed by atoms with van der Waals surface area (Å²) in [5, 5.41) is 9.97. The Kier molecular flexibility index (Phi) is 6.77. The third-order valence-corrected chi connectivity index (χ3v) is 7.26. The number of carbonyl (C=O) groups excluding carboxylic acids is 5. The summed E-state index contributed by atoms with van der Waals surface area (Å²) in [6.45, 7) is 3.86. The molecule has 37 heavy (non-hydrogen) atoms. The number of hydrogen-bond donors (Lipinski definition) is 2. The molecule has 2 aromatic rings. The van der Waals surface area contributed by atoms with Crippen molar-refractivity contribution in [1.82, 2.24) is 24.9 Å². The second-order valence-electron chi connectivity index (χ2n) is 9.72. The highest BCUT2D eigenvalue weighted by atomic mass is 16.2. The summed E-state index contributed by atoms with van der Waals surface area (Å²) in [7, 11) is 0. The molecule has 0 aliphatic carbocycles. The van der Waals surface area contributed by atoms with Gasteiger partial charge in [-0.05, 0) is 37.8 Å². The summed E-state index contributed by atoms with van der Waals surface area (Å²) < 4.78 is 1.94. The van der Waals surface area contributed by atoms with Crippen molar-refractivity contribution in [2.24, 2.45) is 0 Å². The number of anilines is 1.